The number of nitrogens with one attached hydrogen (secondary N) is 1. The van der Waals surface area contributed by atoms with Crippen molar-refractivity contribution in [3.8, 4) is 10.6 Å². The zero-order valence-corrected chi connectivity index (χ0v) is 21.7. The molecule has 0 aliphatic carbocycles. The molecule has 1 amide bonds. The third-order valence-electron chi connectivity index (χ3n) is 5.54. The predicted molar refractivity (Wildman–Crippen MR) is 136 cm³/mol. The van der Waals surface area contributed by atoms with E-state index < -0.39 is 23.6 Å². The first kappa shape index (κ1) is 26.1. The van der Waals surface area contributed by atoms with Crippen LogP contribution in [0.25, 0.3) is 16.2 Å². The van der Waals surface area contributed by atoms with Crippen LogP contribution < -0.4 is 5.32 Å². The van der Waals surface area contributed by atoms with Crippen molar-refractivity contribution >= 4 is 51.9 Å². The van der Waals surface area contributed by atoms with Gasteiger partial charge in [-0.3, -0.25) is 9.48 Å². The van der Waals surface area contributed by atoms with Gasteiger partial charge in [0.15, 0.2) is 22.9 Å². The number of alkyl halides is 3. The molecule has 1 aromatic carbocycles. The maximum Gasteiger partial charge on any atom is 0.433 e. The van der Waals surface area contributed by atoms with Gasteiger partial charge in [-0.15, -0.1) is 11.3 Å². The van der Waals surface area contributed by atoms with Gasteiger partial charge in [-0.25, -0.2) is 13.9 Å². The van der Waals surface area contributed by atoms with E-state index in [0.29, 0.717) is 9.39 Å². The number of aromatic nitrogens is 5. The molecule has 4 aromatic heterocycles. The van der Waals surface area contributed by atoms with Gasteiger partial charge in [0.1, 0.15) is 10.8 Å². The Hall–Kier alpha value is -3.48. The summed E-state index contributed by atoms with van der Waals surface area (Å²) in [5.74, 6) is -1.48. The maximum atomic E-state index is 14.1. The Morgan fingerprint density at radius 2 is 1.89 bits per heavy atom. The normalized spacial score (nSPS) is 11.9. The topological polar surface area (TPSA) is 77.1 Å². The summed E-state index contributed by atoms with van der Waals surface area (Å²) in [7, 11) is 0. The minimum Gasteiger partial charge on any atom is -0.302 e. The predicted octanol–water partition coefficient (Wildman–Crippen LogP) is 6.98. The molecule has 0 spiro atoms. The number of thiophene rings is 1. The molecule has 0 saturated carbocycles. The Morgan fingerprint density at radius 3 is 2.58 bits per heavy atom. The first-order valence-electron chi connectivity index (χ1n) is 11.1. The number of rotatable bonds is 6. The van der Waals surface area contributed by atoms with E-state index in [4.69, 9.17) is 23.2 Å². The van der Waals surface area contributed by atoms with Crippen LogP contribution in [0, 0.1) is 5.82 Å². The van der Waals surface area contributed by atoms with Crippen molar-refractivity contribution in [3.05, 3.63) is 86.4 Å². The molecule has 14 heteroatoms. The summed E-state index contributed by atoms with van der Waals surface area (Å²) < 4.78 is 57.6. The van der Waals surface area contributed by atoms with E-state index in [9.17, 15) is 22.4 Å². The van der Waals surface area contributed by atoms with Crippen LogP contribution in [0.15, 0.2) is 48.7 Å². The highest BCUT2D eigenvalue weighted by Crippen LogP contribution is 2.34. The largest absolute Gasteiger partial charge is 0.433 e. The number of anilines is 1. The Labute approximate surface area is 226 Å². The molecule has 0 radical (unpaired) electrons. The van der Waals surface area contributed by atoms with E-state index in [1.807, 2.05) is 13.0 Å². The fraction of sp³-hybridized carbons (Fsp3) is 0.167. The van der Waals surface area contributed by atoms with E-state index in [0.717, 1.165) is 23.4 Å². The lowest BCUT2D eigenvalue weighted by atomic mass is 10.2. The van der Waals surface area contributed by atoms with Crippen LogP contribution in [-0.2, 0) is 19.1 Å². The molecular formula is C24H16Cl2F4N6OS. The lowest BCUT2D eigenvalue weighted by Crippen LogP contribution is -2.16. The fourth-order valence-corrected chi connectivity index (χ4v) is 5.03. The van der Waals surface area contributed by atoms with Gasteiger partial charge in [-0.2, -0.15) is 23.4 Å². The van der Waals surface area contributed by atoms with Crippen LogP contribution in [0.3, 0.4) is 0 Å². The summed E-state index contributed by atoms with van der Waals surface area (Å²) in [6.45, 7) is 1.87. The lowest BCUT2D eigenvalue weighted by Gasteiger charge is -2.10. The molecule has 0 aliphatic rings. The Kier molecular flexibility index (Phi) is 6.88. The highest BCUT2D eigenvalue weighted by Gasteiger charge is 2.36. The molecule has 38 heavy (non-hydrogen) atoms. The summed E-state index contributed by atoms with van der Waals surface area (Å²) in [6.07, 6.45) is -2.66. The summed E-state index contributed by atoms with van der Waals surface area (Å²) in [4.78, 5) is 18.7. The first-order chi connectivity index (χ1) is 18.0. The van der Waals surface area contributed by atoms with Crippen molar-refractivity contribution in [2.75, 3.05) is 5.32 Å². The molecule has 5 rings (SSSR count). The number of carbonyl (C=O) groups is 1. The van der Waals surface area contributed by atoms with Gasteiger partial charge >= 0.3 is 6.18 Å². The van der Waals surface area contributed by atoms with Crippen molar-refractivity contribution in [1.82, 2.24) is 24.4 Å². The van der Waals surface area contributed by atoms with Gasteiger partial charge in [0, 0.05) is 27.7 Å². The van der Waals surface area contributed by atoms with Gasteiger partial charge < -0.3 is 5.32 Å². The zero-order valence-electron chi connectivity index (χ0n) is 19.4. The minimum atomic E-state index is -4.75. The quantitative estimate of drug-likeness (QED) is 0.219. The average Bonchev–Trinajstić information content (AvgIpc) is 3.58. The summed E-state index contributed by atoms with van der Waals surface area (Å²) in [5, 5.41) is 10.6. The van der Waals surface area contributed by atoms with Crippen molar-refractivity contribution in [2.24, 2.45) is 0 Å². The zero-order chi connectivity index (χ0) is 27.2. The first-order valence-corrected chi connectivity index (χ1v) is 12.6. The standard InChI is InChI=1S/C24H16Cl2F4N6OS/c1-2-12-6-7-19(38-12)17-8-20(24(28,29)30)36-21(31-17)9-18(33-36)23(37)32-22-15(26)11-35(34-22)10-13-14(25)4-3-5-16(13)27/h3-9,11H,2,10H2,1H3,(H,32,34,37). The second-order valence-corrected chi connectivity index (χ2v) is 10.1. The van der Waals surface area contributed by atoms with Gasteiger partial charge in [-0.05, 0) is 36.8 Å². The smallest absolute Gasteiger partial charge is 0.302 e. The number of amides is 1. The summed E-state index contributed by atoms with van der Waals surface area (Å²) >= 11 is 13.6. The number of nitrogens with zero attached hydrogens (tertiary/aromatic N) is 5. The second-order valence-electron chi connectivity index (χ2n) is 8.12. The van der Waals surface area contributed by atoms with E-state index in [1.54, 1.807) is 6.07 Å². The molecule has 196 valence electrons. The van der Waals surface area contributed by atoms with Crippen LogP contribution in [0.2, 0.25) is 10.0 Å². The maximum absolute atomic E-state index is 14.1. The highest BCUT2D eigenvalue weighted by atomic mass is 35.5. The van der Waals surface area contributed by atoms with Crippen molar-refractivity contribution in [1.29, 1.82) is 0 Å². The third kappa shape index (κ3) is 5.11. The van der Waals surface area contributed by atoms with Crippen LogP contribution in [0.1, 0.15) is 33.5 Å². The average molecular weight is 583 g/mol. The monoisotopic (exact) mass is 582 g/mol. The van der Waals surface area contributed by atoms with Crippen LogP contribution in [0.4, 0.5) is 23.4 Å². The van der Waals surface area contributed by atoms with Gasteiger partial charge in [0.05, 0.1) is 17.1 Å². The molecule has 0 fully saturated rings. The minimum absolute atomic E-state index is 0.0235. The van der Waals surface area contributed by atoms with Crippen molar-refractivity contribution in [2.45, 2.75) is 26.1 Å². The molecule has 7 nitrogen and oxygen atoms in total. The Bertz CT molecular complexity index is 1660. The molecule has 0 bridgehead atoms. The molecule has 0 aliphatic heterocycles. The Balaban J connectivity index is 1.45. The molecular weight excluding hydrogens is 567 g/mol. The number of carbonyl (C=O) groups excluding carboxylic acids is 1. The molecule has 1 N–H and O–H groups in total. The Morgan fingerprint density at radius 1 is 1.11 bits per heavy atom. The number of halogens is 6. The van der Waals surface area contributed by atoms with Gasteiger partial charge in [-0.1, -0.05) is 36.2 Å². The second kappa shape index (κ2) is 10.0. The molecule has 0 unspecified atom stereocenters. The molecule has 4 heterocycles. The lowest BCUT2D eigenvalue weighted by molar-refractivity contribution is -0.142. The molecule has 5 aromatic rings. The molecule has 0 atom stereocenters. The van der Waals surface area contributed by atoms with E-state index >= 15 is 0 Å². The summed E-state index contributed by atoms with van der Waals surface area (Å²) in [6, 6.07) is 9.81. The number of hydrogen-bond acceptors (Lipinski definition) is 5. The number of benzene rings is 1. The SMILES string of the molecule is CCc1ccc(-c2cc(C(F)(F)F)n3nc(C(=O)Nc4nn(Cc5c(F)cccc5Cl)cc4Cl)cc3n2)s1. The van der Waals surface area contributed by atoms with Crippen LogP contribution in [0.5, 0.6) is 0 Å². The summed E-state index contributed by atoms with van der Waals surface area (Å²) in [5.41, 5.74) is -1.27. The number of fused-ring (bicyclic) bond motifs is 1. The van der Waals surface area contributed by atoms with E-state index in [-0.39, 0.29) is 45.0 Å². The highest BCUT2D eigenvalue weighted by molar-refractivity contribution is 7.15. The van der Waals surface area contributed by atoms with Crippen molar-refractivity contribution < 1.29 is 22.4 Å². The number of hydrogen-bond donors (Lipinski definition) is 1. The molecule has 0 saturated heterocycles. The van der Waals surface area contributed by atoms with Gasteiger partial charge in [0.25, 0.3) is 5.91 Å². The third-order valence-corrected chi connectivity index (χ3v) is 7.43. The van der Waals surface area contributed by atoms with Crippen molar-refractivity contribution in [3.63, 3.8) is 0 Å². The van der Waals surface area contributed by atoms with E-state index in [1.165, 1.54) is 40.4 Å². The van der Waals surface area contributed by atoms with Crippen LogP contribution >= 0.6 is 34.5 Å². The number of aryl methyl sites for hydroxylation is 1. The van der Waals surface area contributed by atoms with Crippen LogP contribution in [-0.4, -0.2) is 30.3 Å². The fourth-order valence-electron chi connectivity index (χ4n) is 3.70. The van der Waals surface area contributed by atoms with E-state index in [2.05, 4.69) is 20.5 Å². The van der Waals surface area contributed by atoms with Gasteiger partial charge in [0.2, 0.25) is 0 Å².